The molecule has 1 unspecified atom stereocenters. The molecule has 0 saturated carbocycles. The number of rotatable bonds is 5. The number of carbonyl (C=O) groups is 2. The predicted octanol–water partition coefficient (Wildman–Crippen LogP) is 1.67. The van der Waals surface area contributed by atoms with E-state index in [0.717, 1.165) is 10.7 Å². The average Bonchev–Trinajstić information content (AvgIpc) is 2.97. The van der Waals surface area contributed by atoms with Crippen molar-refractivity contribution >= 4 is 46.7 Å². The zero-order valence-corrected chi connectivity index (χ0v) is 12.8. The zero-order valence-electron chi connectivity index (χ0n) is 10.4. The van der Waals surface area contributed by atoms with Crippen LogP contribution in [0.2, 0.25) is 0 Å². The van der Waals surface area contributed by atoms with E-state index in [4.69, 9.17) is 5.11 Å². The van der Waals surface area contributed by atoms with Crippen molar-refractivity contribution in [2.75, 3.05) is 17.4 Å². The standard InChI is InChI=1S/C11H14N2O3S3/c1-7-12-8(3-19-7)2-17-5-10(14)13-6-18-4-9(13)11(15)16/h3,9H,2,4-6H2,1H3,(H,15,16). The van der Waals surface area contributed by atoms with Crippen LogP contribution in [0.25, 0.3) is 0 Å². The summed E-state index contributed by atoms with van der Waals surface area (Å²) in [5, 5.41) is 12.0. The first kappa shape index (κ1) is 14.7. The van der Waals surface area contributed by atoms with E-state index in [9.17, 15) is 9.59 Å². The minimum Gasteiger partial charge on any atom is -0.480 e. The Morgan fingerprint density at radius 3 is 3.05 bits per heavy atom. The van der Waals surface area contributed by atoms with Gasteiger partial charge < -0.3 is 10.0 Å². The highest BCUT2D eigenvalue weighted by molar-refractivity contribution is 7.99. The molecule has 0 spiro atoms. The number of carboxylic acid groups (broad SMARTS) is 1. The summed E-state index contributed by atoms with van der Waals surface area (Å²) in [6.45, 7) is 1.95. The lowest BCUT2D eigenvalue weighted by molar-refractivity contribution is -0.146. The molecule has 5 nitrogen and oxygen atoms in total. The van der Waals surface area contributed by atoms with Gasteiger partial charge in [-0.25, -0.2) is 9.78 Å². The topological polar surface area (TPSA) is 70.5 Å². The van der Waals surface area contributed by atoms with Gasteiger partial charge in [-0.2, -0.15) is 0 Å². The Morgan fingerprint density at radius 1 is 1.63 bits per heavy atom. The smallest absolute Gasteiger partial charge is 0.327 e. The van der Waals surface area contributed by atoms with E-state index in [1.54, 1.807) is 11.3 Å². The maximum atomic E-state index is 12.0. The minimum atomic E-state index is -0.918. The van der Waals surface area contributed by atoms with Crippen LogP contribution in [-0.2, 0) is 15.3 Å². The highest BCUT2D eigenvalue weighted by Crippen LogP contribution is 2.23. The number of thiazole rings is 1. The summed E-state index contributed by atoms with van der Waals surface area (Å²) < 4.78 is 0. The molecular weight excluding hydrogens is 304 g/mol. The van der Waals surface area contributed by atoms with Gasteiger partial charge in [0.1, 0.15) is 6.04 Å². The molecule has 1 aliphatic rings. The van der Waals surface area contributed by atoms with Crippen LogP contribution in [0.15, 0.2) is 5.38 Å². The Labute approximate surface area is 123 Å². The Kier molecular flexibility index (Phi) is 5.12. The van der Waals surface area contributed by atoms with Crippen LogP contribution in [0.1, 0.15) is 10.7 Å². The lowest BCUT2D eigenvalue weighted by Crippen LogP contribution is -2.42. The number of carboxylic acids is 1. The van der Waals surface area contributed by atoms with Gasteiger partial charge in [0.15, 0.2) is 0 Å². The third kappa shape index (κ3) is 3.87. The van der Waals surface area contributed by atoms with Gasteiger partial charge in [0.25, 0.3) is 0 Å². The molecule has 2 rings (SSSR count). The fraction of sp³-hybridized carbons (Fsp3) is 0.545. The first-order valence-corrected chi connectivity index (χ1v) is 8.85. The van der Waals surface area contributed by atoms with Crippen molar-refractivity contribution < 1.29 is 14.7 Å². The van der Waals surface area contributed by atoms with Gasteiger partial charge in [-0.1, -0.05) is 0 Å². The van der Waals surface area contributed by atoms with Gasteiger partial charge in [0, 0.05) is 16.9 Å². The van der Waals surface area contributed by atoms with Gasteiger partial charge in [-0.05, 0) is 6.92 Å². The molecule has 1 amide bonds. The molecule has 1 aromatic rings. The molecule has 0 radical (unpaired) electrons. The number of hydrogen-bond acceptors (Lipinski definition) is 6. The van der Waals surface area contributed by atoms with E-state index >= 15 is 0 Å². The molecule has 1 N–H and O–H groups in total. The Morgan fingerprint density at radius 2 is 2.42 bits per heavy atom. The van der Waals surface area contributed by atoms with E-state index in [-0.39, 0.29) is 5.91 Å². The monoisotopic (exact) mass is 318 g/mol. The molecule has 0 aliphatic carbocycles. The van der Waals surface area contributed by atoms with Crippen LogP contribution >= 0.6 is 34.9 Å². The summed E-state index contributed by atoms with van der Waals surface area (Å²) in [4.78, 5) is 28.7. The Hall–Kier alpha value is -0.730. The molecule has 8 heteroatoms. The second-order valence-electron chi connectivity index (χ2n) is 4.07. The third-order valence-electron chi connectivity index (χ3n) is 2.63. The zero-order chi connectivity index (χ0) is 13.8. The second kappa shape index (κ2) is 6.62. The fourth-order valence-corrected chi connectivity index (χ4v) is 4.38. The van der Waals surface area contributed by atoms with Crippen LogP contribution in [0, 0.1) is 6.92 Å². The average molecular weight is 318 g/mol. The van der Waals surface area contributed by atoms with Crippen LogP contribution in [0.5, 0.6) is 0 Å². The van der Waals surface area contributed by atoms with Gasteiger partial charge in [0.05, 0.1) is 22.3 Å². The molecule has 1 atom stereocenters. The molecule has 1 aliphatic heterocycles. The molecule has 1 saturated heterocycles. The second-order valence-corrected chi connectivity index (χ2v) is 7.12. The lowest BCUT2D eigenvalue weighted by Gasteiger charge is -2.20. The van der Waals surface area contributed by atoms with Crippen molar-refractivity contribution in [2.24, 2.45) is 0 Å². The van der Waals surface area contributed by atoms with Crippen molar-refractivity contribution in [1.82, 2.24) is 9.88 Å². The normalized spacial score (nSPS) is 18.8. The number of thioether (sulfide) groups is 2. The van der Waals surface area contributed by atoms with Gasteiger partial charge in [-0.3, -0.25) is 4.79 Å². The summed E-state index contributed by atoms with van der Waals surface area (Å²) in [6, 6.07) is -0.667. The van der Waals surface area contributed by atoms with Gasteiger partial charge in [0.2, 0.25) is 5.91 Å². The number of aromatic nitrogens is 1. The van der Waals surface area contributed by atoms with Crippen LogP contribution < -0.4 is 0 Å². The third-order valence-corrected chi connectivity index (χ3v) is 5.42. The first-order chi connectivity index (χ1) is 9.08. The van der Waals surface area contributed by atoms with E-state index in [2.05, 4.69) is 4.98 Å². The Bertz CT molecular complexity index is 478. The van der Waals surface area contributed by atoms with Crippen LogP contribution in [-0.4, -0.2) is 50.3 Å². The minimum absolute atomic E-state index is 0.102. The SMILES string of the molecule is Cc1nc(CSCC(=O)N2CSCC2C(=O)O)cs1. The Balaban J connectivity index is 1.79. The number of hydrogen-bond donors (Lipinski definition) is 1. The number of carbonyl (C=O) groups excluding carboxylic acids is 1. The number of nitrogens with zero attached hydrogens (tertiary/aromatic N) is 2. The summed E-state index contributed by atoms with van der Waals surface area (Å²) >= 11 is 4.56. The maximum absolute atomic E-state index is 12.0. The number of aliphatic carboxylic acids is 1. The predicted molar refractivity (Wildman–Crippen MR) is 78.6 cm³/mol. The van der Waals surface area contributed by atoms with E-state index in [1.165, 1.54) is 28.4 Å². The van der Waals surface area contributed by atoms with Crippen molar-refractivity contribution in [3.63, 3.8) is 0 Å². The molecule has 0 aromatic carbocycles. The van der Waals surface area contributed by atoms with Crippen molar-refractivity contribution in [3.8, 4) is 0 Å². The summed E-state index contributed by atoms with van der Waals surface area (Å²) in [5.41, 5.74) is 0.978. The molecular formula is C11H14N2O3S3. The quantitative estimate of drug-likeness (QED) is 0.890. The van der Waals surface area contributed by atoms with E-state index < -0.39 is 12.0 Å². The van der Waals surface area contributed by atoms with E-state index in [0.29, 0.717) is 23.1 Å². The molecule has 19 heavy (non-hydrogen) atoms. The highest BCUT2D eigenvalue weighted by atomic mass is 32.2. The van der Waals surface area contributed by atoms with E-state index in [1.807, 2.05) is 12.3 Å². The highest BCUT2D eigenvalue weighted by Gasteiger charge is 2.34. The van der Waals surface area contributed by atoms with Crippen LogP contribution in [0.3, 0.4) is 0 Å². The molecule has 0 bridgehead atoms. The maximum Gasteiger partial charge on any atom is 0.327 e. The fourth-order valence-electron chi connectivity index (χ4n) is 1.69. The summed E-state index contributed by atoms with van der Waals surface area (Å²) in [6.07, 6.45) is 0. The molecule has 104 valence electrons. The summed E-state index contributed by atoms with van der Waals surface area (Å²) in [7, 11) is 0. The van der Waals surface area contributed by atoms with Gasteiger partial charge in [-0.15, -0.1) is 34.9 Å². The number of aryl methyl sites for hydroxylation is 1. The largest absolute Gasteiger partial charge is 0.480 e. The summed E-state index contributed by atoms with van der Waals surface area (Å²) in [5.74, 6) is 0.937. The van der Waals surface area contributed by atoms with Crippen molar-refractivity contribution in [3.05, 3.63) is 16.1 Å². The molecule has 2 heterocycles. The van der Waals surface area contributed by atoms with Crippen LogP contribution in [0.4, 0.5) is 0 Å². The lowest BCUT2D eigenvalue weighted by atomic mass is 10.3. The van der Waals surface area contributed by atoms with Crippen molar-refractivity contribution in [2.45, 2.75) is 18.7 Å². The first-order valence-electron chi connectivity index (χ1n) is 5.66. The number of amides is 1. The molecule has 1 fully saturated rings. The molecule has 1 aromatic heterocycles. The van der Waals surface area contributed by atoms with Gasteiger partial charge >= 0.3 is 5.97 Å². The van der Waals surface area contributed by atoms with Crippen molar-refractivity contribution in [1.29, 1.82) is 0 Å².